The van der Waals surface area contributed by atoms with Crippen LogP contribution in [0.1, 0.15) is 5.82 Å². The zero-order valence-corrected chi connectivity index (χ0v) is 11.1. The number of hydrogen-bond acceptors (Lipinski definition) is 7. The van der Waals surface area contributed by atoms with Gasteiger partial charge in [-0.25, -0.2) is 15.8 Å². The van der Waals surface area contributed by atoms with E-state index in [2.05, 4.69) is 15.4 Å². The van der Waals surface area contributed by atoms with Crippen molar-refractivity contribution in [1.82, 2.24) is 14.5 Å². The Hall–Kier alpha value is -2.68. The standard InChI is InChI=1S/C11H15N7O2/c1-16-6-5-13-10(16)7-17(2)11-8(18(19)20)3-4-9(14-11)15-12/h3-6H,7,12H2,1-2H3,(H,14,15). The minimum atomic E-state index is -0.475. The predicted octanol–water partition coefficient (Wildman–Crippen LogP) is 0.645. The third-order valence-corrected chi connectivity index (χ3v) is 2.86. The number of nitro groups is 1. The number of nitrogens with one attached hydrogen (secondary N) is 1. The topological polar surface area (TPSA) is 115 Å². The van der Waals surface area contributed by atoms with Crippen molar-refractivity contribution < 1.29 is 4.92 Å². The van der Waals surface area contributed by atoms with Gasteiger partial charge < -0.3 is 14.9 Å². The average Bonchev–Trinajstić information content (AvgIpc) is 2.83. The molecule has 0 unspecified atom stereocenters. The Morgan fingerprint density at radius 3 is 2.85 bits per heavy atom. The van der Waals surface area contributed by atoms with E-state index in [1.54, 1.807) is 18.1 Å². The maximum Gasteiger partial charge on any atom is 0.311 e. The third-order valence-electron chi connectivity index (χ3n) is 2.86. The highest BCUT2D eigenvalue weighted by atomic mass is 16.6. The van der Waals surface area contributed by atoms with Gasteiger partial charge in [0, 0.05) is 32.6 Å². The smallest absolute Gasteiger partial charge is 0.311 e. The fourth-order valence-electron chi connectivity index (χ4n) is 1.78. The quantitative estimate of drug-likeness (QED) is 0.468. The molecule has 0 aromatic carbocycles. The molecule has 2 rings (SSSR count). The number of nitrogens with two attached hydrogens (primary N) is 1. The first-order valence-electron chi connectivity index (χ1n) is 5.82. The zero-order chi connectivity index (χ0) is 14.7. The van der Waals surface area contributed by atoms with Crippen molar-refractivity contribution in [2.24, 2.45) is 12.9 Å². The van der Waals surface area contributed by atoms with Gasteiger partial charge in [0.25, 0.3) is 0 Å². The van der Waals surface area contributed by atoms with Crippen molar-refractivity contribution >= 4 is 17.3 Å². The number of imidazole rings is 1. The van der Waals surface area contributed by atoms with Gasteiger partial charge in [-0.2, -0.15) is 0 Å². The molecule has 0 fully saturated rings. The second-order valence-electron chi connectivity index (χ2n) is 4.25. The van der Waals surface area contributed by atoms with Gasteiger partial charge in [-0.15, -0.1) is 0 Å². The molecule has 2 aromatic heterocycles. The fraction of sp³-hybridized carbons (Fsp3) is 0.273. The number of pyridine rings is 1. The summed E-state index contributed by atoms with van der Waals surface area (Å²) in [7, 11) is 3.57. The van der Waals surface area contributed by atoms with E-state index in [1.165, 1.54) is 12.1 Å². The van der Waals surface area contributed by atoms with E-state index in [-0.39, 0.29) is 11.5 Å². The molecule has 0 radical (unpaired) electrons. The summed E-state index contributed by atoms with van der Waals surface area (Å²) < 4.78 is 1.84. The van der Waals surface area contributed by atoms with Crippen LogP contribution >= 0.6 is 0 Å². The monoisotopic (exact) mass is 277 g/mol. The molecule has 0 aliphatic rings. The molecule has 3 N–H and O–H groups in total. The van der Waals surface area contributed by atoms with Crippen LogP contribution in [0.4, 0.5) is 17.3 Å². The lowest BCUT2D eigenvalue weighted by Gasteiger charge is -2.18. The molecule has 0 bridgehead atoms. The molecule has 2 aromatic rings. The van der Waals surface area contributed by atoms with E-state index in [0.29, 0.717) is 12.4 Å². The highest BCUT2D eigenvalue weighted by Gasteiger charge is 2.20. The maximum atomic E-state index is 11.1. The van der Waals surface area contributed by atoms with Gasteiger partial charge in [0.05, 0.1) is 11.5 Å². The number of aryl methyl sites for hydroxylation is 1. The lowest BCUT2D eigenvalue weighted by molar-refractivity contribution is -0.384. The van der Waals surface area contributed by atoms with Crippen LogP contribution in [-0.4, -0.2) is 26.5 Å². The summed E-state index contributed by atoms with van der Waals surface area (Å²) in [5.74, 6) is 6.65. The lowest BCUT2D eigenvalue weighted by Crippen LogP contribution is -2.22. The predicted molar refractivity (Wildman–Crippen MR) is 74.0 cm³/mol. The molecule has 0 saturated heterocycles. The molecular formula is C11H15N7O2. The summed E-state index contributed by atoms with van der Waals surface area (Å²) in [6, 6.07) is 2.82. The Balaban J connectivity index is 2.34. The van der Waals surface area contributed by atoms with Crippen LogP contribution in [0, 0.1) is 10.1 Å². The first-order chi connectivity index (χ1) is 9.52. The van der Waals surface area contributed by atoms with Crippen LogP contribution in [-0.2, 0) is 13.6 Å². The molecule has 20 heavy (non-hydrogen) atoms. The molecule has 2 heterocycles. The van der Waals surface area contributed by atoms with Gasteiger partial charge in [0.2, 0.25) is 5.82 Å². The van der Waals surface area contributed by atoms with Gasteiger partial charge >= 0.3 is 5.69 Å². The minimum Gasteiger partial charge on any atom is -0.346 e. The van der Waals surface area contributed by atoms with Crippen LogP contribution < -0.4 is 16.2 Å². The number of hydrazine groups is 1. The zero-order valence-electron chi connectivity index (χ0n) is 11.1. The van der Waals surface area contributed by atoms with Gasteiger partial charge in [0.1, 0.15) is 11.6 Å². The molecule has 0 aliphatic heterocycles. The van der Waals surface area contributed by atoms with Crippen molar-refractivity contribution in [3.05, 3.63) is 40.5 Å². The Morgan fingerprint density at radius 2 is 2.30 bits per heavy atom. The molecular weight excluding hydrogens is 262 g/mol. The number of nitrogens with zero attached hydrogens (tertiary/aromatic N) is 5. The SMILES string of the molecule is CN(Cc1nccn1C)c1nc(NN)ccc1[N+](=O)[O-]. The number of anilines is 2. The molecule has 0 amide bonds. The van der Waals surface area contributed by atoms with Gasteiger partial charge in [0.15, 0.2) is 0 Å². The summed E-state index contributed by atoms with van der Waals surface area (Å²) in [6.07, 6.45) is 3.48. The summed E-state index contributed by atoms with van der Waals surface area (Å²) >= 11 is 0. The van der Waals surface area contributed by atoms with Gasteiger partial charge in [-0.1, -0.05) is 0 Å². The number of nitrogen functional groups attached to an aromatic ring is 1. The lowest BCUT2D eigenvalue weighted by atomic mass is 10.3. The average molecular weight is 277 g/mol. The summed E-state index contributed by atoms with van der Waals surface area (Å²) in [5, 5.41) is 11.1. The Bertz CT molecular complexity index is 625. The molecule has 106 valence electrons. The van der Waals surface area contributed by atoms with E-state index in [0.717, 1.165) is 5.82 Å². The van der Waals surface area contributed by atoms with Crippen molar-refractivity contribution in [2.75, 3.05) is 17.4 Å². The van der Waals surface area contributed by atoms with E-state index in [9.17, 15) is 10.1 Å². The van der Waals surface area contributed by atoms with Crippen LogP contribution in [0.3, 0.4) is 0 Å². The fourth-order valence-corrected chi connectivity index (χ4v) is 1.78. The number of rotatable bonds is 5. The van der Waals surface area contributed by atoms with E-state index in [1.807, 2.05) is 17.8 Å². The van der Waals surface area contributed by atoms with Crippen molar-refractivity contribution in [1.29, 1.82) is 0 Å². The number of aromatic nitrogens is 3. The first-order valence-corrected chi connectivity index (χ1v) is 5.82. The first kappa shape index (κ1) is 13.7. The van der Waals surface area contributed by atoms with E-state index < -0.39 is 4.92 Å². The maximum absolute atomic E-state index is 11.1. The van der Waals surface area contributed by atoms with Crippen LogP contribution in [0.25, 0.3) is 0 Å². The van der Waals surface area contributed by atoms with Crippen LogP contribution in [0.2, 0.25) is 0 Å². The molecule has 0 atom stereocenters. The highest BCUT2D eigenvalue weighted by Crippen LogP contribution is 2.27. The van der Waals surface area contributed by atoms with Crippen molar-refractivity contribution in [2.45, 2.75) is 6.54 Å². The second-order valence-corrected chi connectivity index (χ2v) is 4.25. The van der Waals surface area contributed by atoms with E-state index >= 15 is 0 Å². The van der Waals surface area contributed by atoms with Crippen LogP contribution in [0.15, 0.2) is 24.5 Å². The normalized spacial score (nSPS) is 10.3. The third kappa shape index (κ3) is 2.67. The Kier molecular flexibility index (Phi) is 3.80. The van der Waals surface area contributed by atoms with Crippen molar-refractivity contribution in [3.8, 4) is 0 Å². The molecule has 9 heteroatoms. The summed E-state index contributed by atoms with van der Waals surface area (Å²) in [5.41, 5.74) is 2.29. The van der Waals surface area contributed by atoms with Gasteiger partial charge in [-0.05, 0) is 6.07 Å². The highest BCUT2D eigenvalue weighted by molar-refractivity contribution is 5.61. The largest absolute Gasteiger partial charge is 0.346 e. The molecule has 0 spiro atoms. The van der Waals surface area contributed by atoms with E-state index in [4.69, 9.17) is 5.84 Å². The molecule has 0 aliphatic carbocycles. The Labute approximate surface area is 115 Å². The minimum absolute atomic E-state index is 0.0827. The summed E-state index contributed by atoms with van der Waals surface area (Å²) in [6.45, 7) is 0.394. The van der Waals surface area contributed by atoms with Gasteiger partial charge in [-0.3, -0.25) is 10.1 Å². The number of hydrogen-bond donors (Lipinski definition) is 2. The van der Waals surface area contributed by atoms with Crippen LogP contribution in [0.5, 0.6) is 0 Å². The molecule has 9 nitrogen and oxygen atoms in total. The Morgan fingerprint density at radius 1 is 1.55 bits per heavy atom. The summed E-state index contributed by atoms with van der Waals surface area (Å²) in [4.78, 5) is 20.6. The molecule has 0 saturated carbocycles. The second kappa shape index (κ2) is 5.53. The van der Waals surface area contributed by atoms with Crippen molar-refractivity contribution in [3.63, 3.8) is 0 Å².